The number of hydrogen-bond donors (Lipinski definition) is 2. The molecule has 1 aliphatic carbocycles. The van der Waals surface area contributed by atoms with E-state index in [1.54, 1.807) is 0 Å². The van der Waals surface area contributed by atoms with Gasteiger partial charge < -0.3 is 10.6 Å². The van der Waals surface area contributed by atoms with Crippen molar-refractivity contribution in [1.82, 2.24) is 10.6 Å². The number of halogens is 1. The topological polar surface area (TPSA) is 41.1 Å². The lowest BCUT2D eigenvalue weighted by atomic mass is 9.95. The summed E-state index contributed by atoms with van der Waals surface area (Å²) in [4.78, 5) is 12.1. The molecule has 0 bridgehead atoms. The van der Waals surface area contributed by atoms with E-state index < -0.39 is 0 Å². The smallest absolute Gasteiger partial charge is 0.237 e. The zero-order chi connectivity index (χ0) is 15.1. The third kappa shape index (κ3) is 5.68. The molecule has 1 unspecified atom stereocenters. The van der Waals surface area contributed by atoms with Gasteiger partial charge >= 0.3 is 0 Å². The summed E-state index contributed by atoms with van der Waals surface area (Å²) < 4.78 is 0. The molecule has 0 spiro atoms. The maximum absolute atomic E-state index is 12.1. The van der Waals surface area contributed by atoms with Crippen molar-refractivity contribution in [3.63, 3.8) is 0 Å². The molecule has 1 aromatic rings. The van der Waals surface area contributed by atoms with E-state index in [1.807, 2.05) is 31.2 Å². The molecule has 1 amide bonds. The largest absolute Gasteiger partial charge is 0.352 e. The van der Waals surface area contributed by atoms with Gasteiger partial charge in [-0.25, -0.2) is 0 Å². The van der Waals surface area contributed by atoms with Gasteiger partial charge in [-0.05, 0) is 50.4 Å². The van der Waals surface area contributed by atoms with Crippen molar-refractivity contribution in [2.45, 2.75) is 57.5 Å². The van der Waals surface area contributed by atoms with Crippen LogP contribution in [0.1, 0.15) is 44.6 Å². The van der Waals surface area contributed by atoms with Crippen molar-refractivity contribution in [2.24, 2.45) is 0 Å². The zero-order valence-corrected chi connectivity index (χ0v) is 13.5. The van der Waals surface area contributed by atoms with Gasteiger partial charge in [0.05, 0.1) is 6.04 Å². The van der Waals surface area contributed by atoms with Crippen LogP contribution in [0, 0.1) is 0 Å². The van der Waals surface area contributed by atoms with Crippen LogP contribution >= 0.6 is 11.6 Å². The zero-order valence-electron chi connectivity index (χ0n) is 12.7. The number of hydrogen-bond acceptors (Lipinski definition) is 2. The fraction of sp³-hybridized carbons (Fsp3) is 0.588. The average molecular weight is 309 g/mol. The standard InChI is InChI=1S/C17H25ClN2O/c1-13(17(21)20-16-5-3-2-4-6-16)19-12-11-14-7-9-15(18)10-8-14/h7-10,13,16,19H,2-6,11-12H2,1H3,(H,20,21). The summed E-state index contributed by atoms with van der Waals surface area (Å²) in [5.74, 6) is 0.123. The first-order chi connectivity index (χ1) is 10.1. The van der Waals surface area contributed by atoms with Crippen molar-refractivity contribution in [1.29, 1.82) is 0 Å². The number of carbonyl (C=O) groups is 1. The Labute approximate surface area is 132 Å². The summed E-state index contributed by atoms with van der Waals surface area (Å²) >= 11 is 5.86. The van der Waals surface area contributed by atoms with Crippen molar-refractivity contribution < 1.29 is 4.79 Å². The summed E-state index contributed by atoms with van der Waals surface area (Å²) in [6, 6.07) is 8.09. The summed E-state index contributed by atoms with van der Waals surface area (Å²) in [6.07, 6.45) is 6.94. The van der Waals surface area contributed by atoms with Crippen LogP contribution in [0.25, 0.3) is 0 Å². The van der Waals surface area contributed by atoms with Gasteiger partial charge in [0.15, 0.2) is 0 Å². The minimum atomic E-state index is -0.140. The fourth-order valence-corrected chi connectivity index (χ4v) is 2.88. The molecule has 1 fully saturated rings. The average Bonchev–Trinajstić information content (AvgIpc) is 2.50. The first kappa shape index (κ1) is 16.3. The second-order valence-corrected chi connectivity index (χ2v) is 6.33. The Hall–Kier alpha value is -1.06. The van der Waals surface area contributed by atoms with Crippen molar-refractivity contribution in [3.05, 3.63) is 34.9 Å². The minimum absolute atomic E-state index is 0.123. The molecule has 1 aliphatic rings. The Morgan fingerprint density at radius 1 is 1.24 bits per heavy atom. The van der Waals surface area contributed by atoms with Gasteiger partial charge in [0, 0.05) is 11.1 Å². The molecule has 1 saturated carbocycles. The lowest BCUT2D eigenvalue weighted by molar-refractivity contribution is -0.123. The molecule has 3 nitrogen and oxygen atoms in total. The Morgan fingerprint density at radius 3 is 2.57 bits per heavy atom. The molecule has 0 saturated heterocycles. The van der Waals surface area contributed by atoms with E-state index in [9.17, 15) is 4.79 Å². The molecule has 0 heterocycles. The highest BCUT2D eigenvalue weighted by Gasteiger charge is 2.18. The second-order valence-electron chi connectivity index (χ2n) is 5.90. The van der Waals surface area contributed by atoms with E-state index in [4.69, 9.17) is 11.6 Å². The molecule has 0 radical (unpaired) electrons. The number of nitrogens with one attached hydrogen (secondary N) is 2. The van der Waals surface area contributed by atoms with Crippen LogP contribution in [0.3, 0.4) is 0 Å². The predicted octanol–water partition coefficient (Wildman–Crippen LogP) is 3.31. The Bertz CT molecular complexity index is 441. The van der Waals surface area contributed by atoms with Gasteiger partial charge in [-0.2, -0.15) is 0 Å². The molecule has 1 aromatic carbocycles. The maximum Gasteiger partial charge on any atom is 0.237 e. The van der Waals surface area contributed by atoms with Gasteiger partial charge in [0.2, 0.25) is 5.91 Å². The van der Waals surface area contributed by atoms with Crippen molar-refractivity contribution in [2.75, 3.05) is 6.54 Å². The van der Waals surface area contributed by atoms with Gasteiger partial charge in [-0.3, -0.25) is 4.79 Å². The van der Waals surface area contributed by atoms with Crippen LogP contribution in [0.5, 0.6) is 0 Å². The summed E-state index contributed by atoms with van der Waals surface area (Å²) in [6.45, 7) is 2.72. The van der Waals surface area contributed by atoms with Crippen LogP contribution in [-0.4, -0.2) is 24.5 Å². The molecule has 1 atom stereocenters. The van der Waals surface area contributed by atoms with Crippen molar-refractivity contribution >= 4 is 17.5 Å². The Morgan fingerprint density at radius 2 is 1.90 bits per heavy atom. The molecule has 2 N–H and O–H groups in total. The number of rotatable bonds is 6. The molecule has 21 heavy (non-hydrogen) atoms. The summed E-state index contributed by atoms with van der Waals surface area (Å²) in [7, 11) is 0. The molecule has 0 aromatic heterocycles. The third-order valence-electron chi connectivity index (χ3n) is 4.12. The van der Waals surface area contributed by atoms with Gasteiger partial charge in [0.25, 0.3) is 0 Å². The minimum Gasteiger partial charge on any atom is -0.352 e. The maximum atomic E-state index is 12.1. The number of benzene rings is 1. The normalized spacial score (nSPS) is 17.4. The van der Waals surface area contributed by atoms with E-state index in [1.165, 1.54) is 24.8 Å². The number of carbonyl (C=O) groups excluding carboxylic acids is 1. The van der Waals surface area contributed by atoms with Gasteiger partial charge in [-0.15, -0.1) is 0 Å². The van der Waals surface area contributed by atoms with Crippen LogP contribution in [0.4, 0.5) is 0 Å². The van der Waals surface area contributed by atoms with Gasteiger partial charge in [0.1, 0.15) is 0 Å². The van der Waals surface area contributed by atoms with E-state index in [-0.39, 0.29) is 11.9 Å². The Balaban J connectivity index is 1.67. The van der Waals surface area contributed by atoms with Crippen molar-refractivity contribution in [3.8, 4) is 0 Å². The molecular weight excluding hydrogens is 284 g/mol. The van der Waals surface area contributed by atoms with E-state index in [0.717, 1.165) is 30.8 Å². The molecule has 2 rings (SSSR count). The highest BCUT2D eigenvalue weighted by atomic mass is 35.5. The first-order valence-corrected chi connectivity index (χ1v) is 8.31. The fourth-order valence-electron chi connectivity index (χ4n) is 2.75. The highest BCUT2D eigenvalue weighted by molar-refractivity contribution is 6.30. The predicted molar refractivity (Wildman–Crippen MR) is 87.6 cm³/mol. The highest BCUT2D eigenvalue weighted by Crippen LogP contribution is 2.17. The quantitative estimate of drug-likeness (QED) is 0.846. The van der Waals surface area contributed by atoms with Gasteiger partial charge in [-0.1, -0.05) is 43.0 Å². The Kier molecular flexibility index (Phi) is 6.52. The van der Waals surface area contributed by atoms with E-state index in [2.05, 4.69) is 10.6 Å². The van der Waals surface area contributed by atoms with E-state index >= 15 is 0 Å². The van der Waals surface area contributed by atoms with Crippen LogP contribution in [0.2, 0.25) is 5.02 Å². The SMILES string of the molecule is CC(NCCc1ccc(Cl)cc1)C(=O)NC1CCCCC1. The van der Waals surface area contributed by atoms with E-state index in [0.29, 0.717) is 6.04 Å². The lowest BCUT2D eigenvalue weighted by Gasteiger charge is -2.24. The second kappa shape index (κ2) is 8.40. The molecule has 0 aliphatic heterocycles. The molecular formula is C17H25ClN2O. The van der Waals surface area contributed by atoms with Crippen LogP contribution in [-0.2, 0) is 11.2 Å². The van der Waals surface area contributed by atoms with Crippen LogP contribution < -0.4 is 10.6 Å². The third-order valence-corrected chi connectivity index (χ3v) is 4.37. The van der Waals surface area contributed by atoms with Crippen LogP contribution in [0.15, 0.2) is 24.3 Å². The summed E-state index contributed by atoms with van der Waals surface area (Å²) in [5, 5.41) is 7.20. The molecule has 4 heteroatoms. The monoisotopic (exact) mass is 308 g/mol. The lowest BCUT2D eigenvalue weighted by Crippen LogP contribution is -2.47. The number of amides is 1. The summed E-state index contributed by atoms with van der Waals surface area (Å²) in [5.41, 5.74) is 1.23. The first-order valence-electron chi connectivity index (χ1n) is 7.93. The molecule has 116 valence electrons.